The van der Waals surface area contributed by atoms with Gasteiger partial charge in [0.2, 0.25) is 15.9 Å². The number of rotatable bonds is 9. The van der Waals surface area contributed by atoms with Crippen molar-refractivity contribution in [1.82, 2.24) is 4.31 Å². The summed E-state index contributed by atoms with van der Waals surface area (Å²) in [5.74, 6) is 0.0560. The van der Waals surface area contributed by atoms with Crippen molar-refractivity contribution in [3.8, 4) is 0 Å². The number of piperidine rings is 1. The highest BCUT2D eigenvalue weighted by atomic mass is 32.2. The van der Waals surface area contributed by atoms with Crippen LogP contribution in [0.2, 0.25) is 0 Å². The van der Waals surface area contributed by atoms with Gasteiger partial charge in [-0.25, -0.2) is 12.7 Å². The Hall–Kier alpha value is -1.60. The van der Waals surface area contributed by atoms with Gasteiger partial charge in [0.1, 0.15) is 0 Å². The van der Waals surface area contributed by atoms with E-state index in [0.717, 1.165) is 30.9 Å². The van der Waals surface area contributed by atoms with E-state index in [0.29, 0.717) is 32.4 Å². The molecule has 0 radical (unpaired) electrons. The molecule has 2 rings (SSSR count). The summed E-state index contributed by atoms with van der Waals surface area (Å²) in [7, 11) is -3.17. The van der Waals surface area contributed by atoms with Gasteiger partial charge in [-0.3, -0.25) is 4.79 Å². The molecule has 1 aliphatic rings. The molecule has 6 nitrogen and oxygen atoms in total. The molecule has 152 valence electrons. The second-order valence-electron chi connectivity index (χ2n) is 7.05. The Kier molecular flexibility index (Phi) is 8.10. The molecule has 0 bridgehead atoms. The van der Waals surface area contributed by atoms with E-state index in [9.17, 15) is 13.2 Å². The molecule has 0 unspecified atom stereocenters. The lowest BCUT2D eigenvalue weighted by Crippen LogP contribution is -2.42. The van der Waals surface area contributed by atoms with E-state index >= 15 is 0 Å². The Balaban J connectivity index is 1.87. The summed E-state index contributed by atoms with van der Waals surface area (Å²) in [5, 5.41) is 2.98. The van der Waals surface area contributed by atoms with Crippen molar-refractivity contribution in [2.45, 2.75) is 46.5 Å². The molecule has 0 saturated carbocycles. The average Bonchev–Trinajstić information content (AvgIpc) is 2.68. The number of carbonyl (C=O) groups excluding carboxylic acids is 1. The topological polar surface area (TPSA) is 69.7 Å². The van der Waals surface area contributed by atoms with Crippen molar-refractivity contribution in [3.05, 3.63) is 24.3 Å². The predicted octanol–water partition coefficient (Wildman–Crippen LogP) is 3.31. The summed E-state index contributed by atoms with van der Waals surface area (Å²) in [6.45, 7) is 8.99. The molecule has 1 aromatic rings. The monoisotopic (exact) mass is 395 g/mol. The molecule has 27 heavy (non-hydrogen) atoms. The van der Waals surface area contributed by atoms with Gasteiger partial charge in [0, 0.05) is 43.5 Å². The smallest absolute Gasteiger partial charge is 0.227 e. The lowest BCUT2D eigenvalue weighted by Gasteiger charge is -2.30. The molecule has 1 aliphatic heterocycles. The zero-order chi connectivity index (χ0) is 19.9. The molecule has 1 fully saturated rings. The highest BCUT2D eigenvalue weighted by Crippen LogP contribution is 2.23. The van der Waals surface area contributed by atoms with Gasteiger partial charge in [0.25, 0.3) is 0 Å². The van der Waals surface area contributed by atoms with E-state index in [1.165, 1.54) is 0 Å². The Labute approximate surface area is 164 Å². The van der Waals surface area contributed by atoms with Crippen LogP contribution < -0.4 is 10.2 Å². The molecule has 1 N–H and O–H groups in total. The molecule has 1 saturated heterocycles. The van der Waals surface area contributed by atoms with Gasteiger partial charge >= 0.3 is 0 Å². The molecule has 7 heteroatoms. The maximum Gasteiger partial charge on any atom is 0.227 e. The molecule has 0 spiro atoms. The van der Waals surface area contributed by atoms with Gasteiger partial charge in [-0.15, -0.1) is 0 Å². The van der Waals surface area contributed by atoms with Gasteiger partial charge in [-0.2, -0.15) is 0 Å². The number of anilines is 2. The number of nitrogens with zero attached hydrogens (tertiary/aromatic N) is 2. The molecule has 0 aromatic heterocycles. The molecule has 1 amide bonds. The molecular weight excluding hydrogens is 362 g/mol. The maximum absolute atomic E-state index is 12.5. The highest BCUT2D eigenvalue weighted by Gasteiger charge is 2.30. The fraction of sp³-hybridized carbons (Fsp3) is 0.650. The quantitative estimate of drug-likeness (QED) is 0.696. The minimum Gasteiger partial charge on any atom is -0.372 e. The van der Waals surface area contributed by atoms with Crippen LogP contribution in [0.3, 0.4) is 0 Å². The number of nitrogens with one attached hydrogen (secondary N) is 1. The van der Waals surface area contributed by atoms with Crippen LogP contribution in [0.5, 0.6) is 0 Å². The molecule has 1 aromatic carbocycles. The Bertz CT molecular complexity index is 692. The number of hydrogen-bond acceptors (Lipinski definition) is 4. The average molecular weight is 396 g/mol. The third-order valence-corrected chi connectivity index (χ3v) is 7.19. The number of unbranched alkanes of at least 4 members (excludes halogenated alkanes) is 1. The first-order valence-electron chi connectivity index (χ1n) is 10.0. The van der Waals surface area contributed by atoms with E-state index < -0.39 is 10.0 Å². The third kappa shape index (κ3) is 5.94. The van der Waals surface area contributed by atoms with Crippen molar-refractivity contribution in [3.63, 3.8) is 0 Å². The van der Waals surface area contributed by atoms with Crippen molar-refractivity contribution < 1.29 is 13.2 Å². The van der Waals surface area contributed by atoms with Gasteiger partial charge in [0.15, 0.2) is 0 Å². The van der Waals surface area contributed by atoms with Crippen molar-refractivity contribution >= 4 is 27.3 Å². The second kappa shape index (κ2) is 10.1. The van der Waals surface area contributed by atoms with Gasteiger partial charge in [-0.1, -0.05) is 13.3 Å². The SMILES string of the molecule is CCCCS(=O)(=O)N1CCC(C(=O)Nc2ccc(N(CC)CC)cc2)CC1. The Morgan fingerprint density at radius 3 is 2.22 bits per heavy atom. The predicted molar refractivity (Wildman–Crippen MR) is 112 cm³/mol. The molecule has 0 aliphatic carbocycles. The summed E-state index contributed by atoms with van der Waals surface area (Å²) < 4.78 is 26.1. The highest BCUT2D eigenvalue weighted by molar-refractivity contribution is 7.89. The summed E-state index contributed by atoms with van der Waals surface area (Å²) in [4.78, 5) is 14.8. The van der Waals surface area contributed by atoms with E-state index in [1.807, 2.05) is 31.2 Å². The van der Waals surface area contributed by atoms with E-state index in [1.54, 1.807) is 4.31 Å². The molecule has 0 atom stereocenters. The van der Waals surface area contributed by atoms with Crippen LogP contribution in [0, 0.1) is 5.92 Å². The fourth-order valence-corrected chi connectivity index (χ4v) is 5.12. The number of sulfonamides is 1. The number of hydrogen-bond donors (Lipinski definition) is 1. The molecular formula is C20H33N3O3S. The zero-order valence-corrected chi connectivity index (χ0v) is 17.6. The van der Waals surface area contributed by atoms with Crippen LogP contribution in [-0.4, -0.2) is 50.6 Å². The van der Waals surface area contributed by atoms with Crippen LogP contribution in [0.25, 0.3) is 0 Å². The molecule has 1 heterocycles. The minimum absolute atomic E-state index is 0.0174. The van der Waals surface area contributed by atoms with Crippen molar-refractivity contribution in [1.29, 1.82) is 0 Å². The summed E-state index contributed by atoms with van der Waals surface area (Å²) in [5.41, 5.74) is 1.93. The first-order valence-corrected chi connectivity index (χ1v) is 11.7. The first kappa shape index (κ1) is 21.7. The standard InChI is InChI=1S/C20H33N3O3S/c1-4-7-16-27(25,26)23-14-12-17(13-15-23)20(24)21-18-8-10-19(11-9-18)22(5-2)6-3/h8-11,17H,4-7,12-16H2,1-3H3,(H,21,24). The number of carbonyl (C=O) groups is 1. The normalized spacial score (nSPS) is 16.3. The van der Waals surface area contributed by atoms with Crippen LogP contribution in [0.1, 0.15) is 46.5 Å². The maximum atomic E-state index is 12.5. The Morgan fingerprint density at radius 2 is 1.70 bits per heavy atom. The second-order valence-corrected chi connectivity index (χ2v) is 9.14. The minimum atomic E-state index is -3.17. The van der Waals surface area contributed by atoms with Crippen LogP contribution in [0.4, 0.5) is 11.4 Å². The van der Waals surface area contributed by atoms with E-state index in [-0.39, 0.29) is 17.6 Å². The largest absolute Gasteiger partial charge is 0.372 e. The Morgan fingerprint density at radius 1 is 1.11 bits per heavy atom. The lowest BCUT2D eigenvalue weighted by atomic mass is 9.97. The van der Waals surface area contributed by atoms with Gasteiger partial charge < -0.3 is 10.2 Å². The van der Waals surface area contributed by atoms with Crippen molar-refractivity contribution in [2.24, 2.45) is 5.92 Å². The number of amides is 1. The summed E-state index contributed by atoms with van der Waals surface area (Å²) in [6.07, 6.45) is 2.71. The van der Waals surface area contributed by atoms with Crippen molar-refractivity contribution in [2.75, 3.05) is 42.1 Å². The van der Waals surface area contributed by atoms with Crippen LogP contribution in [-0.2, 0) is 14.8 Å². The van der Waals surface area contributed by atoms with E-state index in [2.05, 4.69) is 24.1 Å². The zero-order valence-electron chi connectivity index (χ0n) is 16.8. The third-order valence-electron chi connectivity index (χ3n) is 5.24. The first-order chi connectivity index (χ1) is 12.9. The van der Waals surface area contributed by atoms with Gasteiger partial charge in [-0.05, 0) is 57.4 Å². The lowest BCUT2D eigenvalue weighted by molar-refractivity contribution is -0.120. The number of benzene rings is 1. The van der Waals surface area contributed by atoms with Crippen LogP contribution >= 0.6 is 0 Å². The fourth-order valence-electron chi connectivity index (χ4n) is 3.44. The van der Waals surface area contributed by atoms with Crippen LogP contribution in [0.15, 0.2) is 24.3 Å². The van der Waals surface area contributed by atoms with Gasteiger partial charge in [0.05, 0.1) is 5.75 Å². The summed E-state index contributed by atoms with van der Waals surface area (Å²) >= 11 is 0. The van der Waals surface area contributed by atoms with E-state index in [4.69, 9.17) is 0 Å². The summed E-state index contributed by atoms with van der Waals surface area (Å²) in [6, 6.07) is 7.89.